The molecule has 2 rings (SSSR count). The maximum atomic E-state index is 2.78. The molecule has 1 nitrogen and oxygen atoms in total. The lowest BCUT2D eigenvalue weighted by Gasteiger charge is -2.44. The topological polar surface area (TPSA) is 3.24 Å². The molecule has 31 heavy (non-hydrogen) atoms. The highest BCUT2D eigenvalue weighted by molar-refractivity contribution is 4.87. The van der Waals surface area contributed by atoms with Crippen LogP contribution in [0, 0.1) is 59.2 Å². The Morgan fingerprint density at radius 1 is 0.548 bits per heavy atom. The van der Waals surface area contributed by atoms with Gasteiger partial charge >= 0.3 is 0 Å². The monoisotopic (exact) mass is 433 g/mol. The van der Waals surface area contributed by atoms with E-state index in [0.717, 1.165) is 59.2 Å². The summed E-state index contributed by atoms with van der Waals surface area (Å²) in [4.78, 5) is 2.78. The van der Waals surface area contributed by atoms with Gasteiger partial charge in [0.2, 0.25) is 0 Å². The highest BCUT2D eigenvalue weighted by Crippen LogP contribution is 2.45. The van der Waals surface area contributed by atoms with E-state index in [-0.39, 0.29) is 0 Å². The SMILES string of the molecule is CCC(C)C1CC(C(C)C)CC(C(C)CCC(C)C2CC(C(C)C)CN(C(C)C)C2)C1. The molecule has 1 aliphatic carbocycles. The zero-order valence-electron chi connectivity index (χ0n) is 23.2. The number of piperidine rings is 1. The van der Waals surface area contributed by atoms with Crippen molar-refractivity contribution in [3.8, 4) is 0 Å². The normalized spacial score (nSPS) is 33.8. The van der Waals surface area contributed by atoms with Gasteiger partial charge in [0.05, 0.1) is 0 Å². The molecule has 8 atom stereocenters. The first-order chi connectivity index (χ1) is 14.5. The molecular weight excluding hydrogens is 374 g/mol. The molecule has 0 N–H and O–H groups in total. The van der Waals surface area contributed by atoms with Gasteiger partial charge in [-0.05, 0) is 98.7 Å². The minimum atomic E-state index is 0.697. The Labute approximate surface area is 197 Å². The van der Waals surface area contributed by atoms with Crippen LogP contribution in [0.25, 0.3) is 0 Å². The van der Waals surface area contributed by atoms with E-state index in [4.69, 9.17) is 0 Å². The molecule has 1 heteroatoms. The predicted octanol–water partition coefficient (Wildman–Crippen LogP) is 8.78. The second-order valence-electron chi connectivity index (χ2n) is 13.2. The molecule has 8 unspecified atom stereocenters. The van der Waals surface area contributed by atoms with Crippen LogP contribution in [0.2, 0.25) is 0 Å². The van der Waals surface area contributed by atoms with E-state index < -0.39 is 0 Å². The van der Waals surface area contributed by atoms with E-state index >= 15 is 0 Å². The van der Waals surface area contributed by atoms with Crippen LogP contribution in [0.5, 0.6) is 0 Å². The summed E-state index contributed by atoms with van der Waals surface area (Å²) < 4.78 is 0. The Balaban J connectivity index is 1.94. The highest BCUT2D eigenvalue weighted by Gasteiger charge is 2.36. The summed E-state index contributed by atoms with van der Waals surface area (Å²) in [6, 6.07) is 0.697. The number of hydrogen-bond acceptors (Lipinski definition) is 1. The molecule has 0 radical (unpaired) electrons. The van der Waals surface area contributed by atoms with Crippen molar-refractivity contribution in [3.05, 3.63) is 0 Å². The zero-order chi connectivity index (χ0) is 23.3. The lowest BCUT2D eigenvalue weighted by atomic mass is 9.64. The van der Waals surface area contributed by atoms with E-state index in [9.17, 15) is 0 Å². The fourth-order valence-electron chi connectivity index (χ4n) is 6.79. The van der Waals surface area contributed by atoms with Crippen LogP contribution in [0.4, 0.5) is 0 Å². The number of rotatable bonds is 10. The molecule has 2 fully saturated rings. The summed E-state index contributed by atoms with van der Waals surface area (Å²) in [5, 5.41) is 0. The molecule has 2 aliphatic rings. The summed E-state index contributed by atoms with van der Waals surface area (Å²) in [5.41, 5.74) is 0. The first kappa shape index (κ1) is 27.2. The van der Waals surface area contributed by atoms with Crippen molar-refractivity contribution < 1.29 is 0 Å². The predicted molar refractivity (Wildman–Crippen MR) is 139 cm³/mol. The maximum absolute atomic E-state index is 2.78. The summed E-state index contributed by atoms with van der Waals surface area (Å²) in [7, 11) is 0. The molecule has 0 bridgehead atoms. The quantitative estimate of drug-likeness (QED) is 0.333. The summed E-state index contributed by atoms with van der Waals surface area (Å²) in [6.07, 6.45) is 10.2. The molecule has 1 aliphatic heterocycles. The van der Waals surface area contributed by atoms with Crippen molar-refractivity contribution in [1.29, 1.82) is 0 Å². The first-order valence-corrected chi connectivity index (χ1v) is 14.3. The van der Waals surface area contributed by atoms with Crippen molar-refractivity contribution in [2.24, 2.45) is 59.2 Å². The molecule has 0 aromatic heterocycles. The fraction of sp³-hybridized carbons (Fsp3) is 1.00. The second-order valence-corrected chi connectivity index (χ2v) is 13.2. The van der Waals surface area contributed by atoms with E-state index in [1.165, 1.54) is 58.0 Å². The number of nitrogens with zero attached hydrogens (tertiary/aromatic N) is 1. The Morgan fingerprint density at radius 3 is 1.45 bits per heavy atom. The summed E-state index contributed by atoms with van der Waals surface area (Å²) in [6.45, 7) is 27.4. The molecule has 0 aromatic rings. The minimum absolute atomic E-state index is 0.697. The Kier molecular flexibility index (Phi) is 10.9. The van der Waals surface area contributed by atoms with Gasteiger partial charge in [-0.15, -0.1) is 0 Å². The standard InChI is InChI=1S/C30H59N/c1-11-23(8)27-14-26(20(2)3)15-28(16-27)24(9)12-13-25(10)30-17-29(21(4)5)18-31(19-30)22(6)7/h20-30H,11-19H2,1-10H3. The highest BCUT2D eigenvalue weighted by atomic mass is 15.2. The van der Waals surface area contributed by atoms with Crippen molar-refractivity contribution in [1.82, 2.24) is 4.90 Å². The van der Waals surface area contributed by atoms with Gasteiger partial charge in [-0.2, -0.15) is 0 Å². The third kappa shape index (κ3) is 7.75. The Hall–Kier alpha value is -0.0400. The van der Waals surface area contributed by atoms with Gasteiger partial charge in [0, 0.05) is 19.1 Å². The second kappa shape index (κ2) is 12.4. The molecule has 0 aromatic carbocycles. The average molecular weight is 434 g/mol. The Bertz CT molecular complexity index is 479. The van der Waals surface area contributed by atoms with Crippen LogP contribution >= 0.6 is 0 Å². The first-order valence-electron chi connectivity index (χ1n) is 14.3. The van der Waals surface area contributed by atoms with Crippen LogP contribution in [-0.4, -0.2) is 24.0 Å². The van der Waals surface area contributed by atoms with Crippen molar-refractivity contribution >= 4 is 0 Å². The molecule has 0 spiro atoms. The fourth-order valence-corrected chi connectivity index (χ4v) is 6.79. The molecule has 1 saturated carbocycles. The Morgan fingerprint density at radius 2 is 0.968 bits per heavy atom. The number of hydrogen-bond donors (Lipinski definition) is 0. The summed E-state index contributed by atoms with van der Waals surface area (Å²) in [5.74, 6) is 9.06. The van der Waals surface area contributed by atoms with Crippen LogP contribution in [0.1, 0.15) is 114 Å². The molecule has 1 saturated heterocycles. The van der Waals surface area contributed by atoms with E-state index in [1.807, 2.05) is 0 Å². The van der Waals surface area contributed by atoms with Crippen LogP contribution in [0.3, 0.4) is 0 Å². The zero-order valence-corrected chi connectivity index (χ0v) is 23.2. The smallest absolute Gasteiger partial charge is 0.00388 e. The lowest BCUT2D eigenvalue weighted by Crippen LogP contribution is -2.47. The third-order valence-electron chi connectivity index (χ3n) is 10.1. The van der Waals surface area contributed by atoms with Gasteiger partial charge in [-0.1, -0.05) is 74.7 Å². The number of likely N-dealkylation sites (tertiary alicyclic amines) is 1. The van der Waals surface area contributed by atoms with Gasteiger partial charge in [0.25, 0.3) is 0 Å². The van der Waals surface area contributed by atoms with Gasteiger partial charge < -0.3 is 4.90 Å². The van der Waals surface area contributed by atoms with E-state index in [0.29, 0.717) is 6.04 Å². The molecule has 1 heterocycles. The van der Waals surface area contributed by atoms with Gasteiger partial charge in [-0.25, -0.2) is 0 Å². The van der Waals surface area contributed by atoms with Crippen molar-refractivity contribution in [3.63, 3.8) is 0 Å². The van der Waals surface area contributed by atoms with Crippen LogP contribution < -0.4 is 0 Å². The molecule has 0 amide bonds. The maximum Gasteiger partial charge on any atom is 0.00388 e. The van der Waals surface area contributed by atoms with Crippen molar-refractivity contribution in [2.75, 3.05) is 13.1 Å². The average Bonchev–Trinajstić information content (AvgIpc) is 2.75. The van der Waals surface area contributed by atoms with Gasteiger partial charge in [0.1, 0.15) is 0 Å². The van der Waals surface area contributed by atoms with Crippen LogP contribution in [0.15, 0.2) is 0 Å². The van der Waals surface area contributed by atoms with Gasteiger partial charge in [0.15, 0.2) is 0 Å². The van der Waals surface area contributed by atoms with E-state index in [1.54, 1.807) is 0 Å². The van der Waals surface area contributed by atoms with E-state index in [2.05, 4.69) is 74.1 Å². The van der Waals surface area contributed by atoms with Crippen molar-refractivity contribution in [2.45, 2.75) is 120 Å². The largest absolute Gasteiger partial charge is 0.300 e. The third-order valence-corrected chi connectivity index (χ3v) is 10.1. The molecular formula is C30H59N. The lowest BCUT2D eigenvalue weighted by molar-refractivity contribution is 0.0477. The minimum Gasteiger partial charge on any atom is -0.300 e. The van der Waals surface area contributed by atoms with Crippen LogP contribution in [-0.2, 0) is 0 Å². The molecule has 184 valence electrons. The summed E-state index contributed by atoms with van der Waals surface area (Å²) >= 11 is 0. The van der Waals surface area contributed by atoms with Gasteiger partial charge in [-0.3, -0.25) is 0 Å².